The van der Waals surface area contributed by atoms with E-state index in [4.69, 9.17) is 4.74 Å². The lowest BCUT2D eigenvalue weighted by molar-refractivity contribution is 0.284. The number of hydrogen-bond acceptors (Lipinski definition) is 1. The van der Waals surface area contributed by atoms with Gasteiger partial charge in [-0.3, -0.25) is 0 Å². The molecule has 0 aliphatic rings. The van der Waals surface area contributed by atoms with Crippen LogP contribution in [0.3, 0.4) is 0 Å². The molecule has 0 saturated heterocycles. The molecule has 18 heavy (non-hydrogen) atoms. The van der Waals surface area contributed by atoms with Gasteiger partial charge in [0, 0.05) is 11.6 Å². The minimum Gasteiger partial charge on any atom is -0.486 e. The molecule has 0 aromatic heterocycles. The van der Waals surface area contributed by atoms with Gasteiger partial charge in [0.25, 0.3) is 0 Å². The Morgan fingerprint density at radius 3 is 2.56 bits per heavy atom. The van der Waals surface area contributed by atoms with Crippen molar-refractivity contribution in [2.75, 3.05) is 0 Å². The lowest BCUT2D eigenvalue weighted by atomic mass is 10.2. The Morgan fingerprint density at radius 1 is 1.06 bits per heavy atom. The van der Waals surface area contributed by atoms with Crippen LogP contribution in [0, 0.1) is 24.4 Å². The molecule has 0 bridgehead atoms. The van der Waals surface area contributed by atoms with Crippen LogP contribution in [0.4, 0.5) is 13.2 Å². The lowest BCUT2D eigenvalue weighted by Gasteiger charge is -2.09. The van der Waals surface area contributed by atoms with Crippen molar-refractivity contribution in [1.29, 1.82) is 0 Å². The van der Waals surface area contributed by atoms with E-state index in [0.29, 0.717) is 5.56 Å². The Kier molecular flexibility index (Phi) is 3.55. The molecule has 0 N–H and O–H groups in total. The smallest absolute Gasteiger partial charge is 0.167 e. The Balaban J connectivity index is 2.14. The van der Waals surface area contributed by atoms with Crippen molar-refractivity contribution in [1.82, 2.24) is 0 Å². The van der Waals surface area contributed by atoms with Crippen LogP contribution < -0.4 is 4.74 Å². The summed E-state index contributed by atoms with van der Waals surface area (Å²) in [5, 5.41) is 0. The molecular weight excluding hydrogens is 241 g/mol. The fourth-order valence-electron chi connectivity index (χ4n) is 1.53. The van der Waals surface area contributed by atoms with E-state index < -0.39 is 17.5 Å². The molecule has 2 rings (SSSR count). The van der Waals surface area contributed by atoms with Gasteiger partial charge < -0.3 is 4.74 Å². The van der Waals surface area contributed by atoms with Crippen molar-refractivity contribution < 1.29 is 17.9 Å². The first-order valence-electron chi connectivity index (χ1n) is 5.40. The highest BCUT2D eigenvalue weighted by Gasteiger charge is 2.08. The number of rotatable bonds is 3. The van der Waals surface area contributed by atoms with Gasteiger partial charge in [-0.25, -0.2) is 13.2 Å². The molecule has 0 fully saturated rings. The lowest BCUT2D eigenvalue weighted by Crippen LogP contribution is -2.01. The number of aryl methyl sites for hydroxylation is 1. The van der Waals surface area contributed by atoms with E-state index in [1.54, 1.807) is 19.1 Å². The maximum Gasteiger partial charge on any atom is 0.167 e. The van der Waals surface area contributed by atoms with Crippen LogP contribution >= 0.6 is 0 Å². The number of ether oxygens (including phenoxy) is 1. The summed E-state index contributed by atoms with van der Waals surface area (Å²) in [4.78, 5) is 0. The quantitative estimate of drug-likeness (QED) is 0.802. The average Bonchev–Trinajstić information content (AvgIpc) is 2.33. The third-order valence-corrected chi connectivity index (χ3v) is 2.55. The van der Waals surface area contributed by atoms with Gasteiger partial charge in [-0.1, -0.05) is 12.1 Å². The Hall–Kier alpha value is -1.97. The molecule has 4 heteroatoms. The minimum atomic E-state index is -0.705. The van der Waals surface area contributed by atoms with E-state index in [2.05, 4.69) is 0 Å². The minimum absolute atomic E-state index is 0.0544. The SMILES string of the molecule is Cc1cccc(OCc2ccc(F)cc2F)c1F. The first-order valence-corrected chi connectivity index (χ1v) is 5.40. The molecule has 0 aliphatic carbocycles. The summed E-state index contributed by atoms with van der Waals surface area (Å²) in [6.45, 7) is 1.47. The van der Waals surface area contributed by atoms with Crippen LogP contribution in [0.2, 0.25) is 0 Å². The molecule has 0 aliphatic heterocycles. The third-order valence-electron chi connectivity index (χ3n) is 2.55. The fourth-order valence-corrected chi connectivity index (χ4v) is 1.53. The van der Waals surface area contributed by atoms with Crippen molar-refractivity contribution >= 4 is 0 Å². The first kappa shape index (κ1) is 12.5. The van der Waals surface area contributed by atoms with E-state index in [-0.39, 0.29) is 17.9 Å². The largest absolute Gasteiger partial charge is 0.486 e. The summed E-state index contributed by atoms with van der Waals surface area (Å²) < 4.78 is 44.8. The van der Waals surface area contributed by atoms with Crippen molar-refractivity contribution in [3.63, 3.8) is 0 Å². The molecular formula is C14H11F3O. The number of halogens is 3. The molecule has 0 unspecified atom stereocenters. The molecule has 2 aromatic carbocycles. The van der Waals surface area contributed by atoms with Crippen molar-refractivity contribution in [2.24, 2.45) is 0 Å². The van der Waals surface area contributed by atoms with Gasteiger partial charge in [0.1, 0.15) is 18.2 Å². The fraction of sp³-hybridized carbons (Fsp3) is 0.143. The van der Waals surface area contributed by atoms with Crippen LogP contribution in [-0.4, -0.2) is 0 Å². The molecule has 0 amide bonds. The standard InChI is InChI=1S/C14H11F3O/c1-9-3-2-4-13(14(9)17)18-8-10-5-6-11(15)7-12(10)16/h2-7H,8H2,1H3. The Labute approximate surface area is 103 Å². The van der Waals surface area contributed by atoms with Gasteiger partial charge in [-0.05, 0) is 30.7 Å². The molecule has 1 nitrogen and oxygen atoms in total. The van der Waals surface area contributed by atoms with E-state index in [1.165, 1.54) is 12.1 Å². The molecule has 94 valence electrons. The molecule has 0 atom stereocenters. The highest BCUT2D eigenvalue weighted by Crippen LogP contribution is 2.21. The monoisotopic (exact) mass is 252 g/mol. The molecule has 0 radical (unpaired) electrons. The zero-order valence-corrected chi connectivity index (χ0v) is 9.71. The summed E-state index contributed by atoms with van der Waals surface area (Å²) in [5.74, 6) is -1.78. The second-order valence-corrected chi connectivity index (χ2v) is 3.91. The summed E-state index contributed by atoms with van der Waals surface area (Å²) in [6, 6.07) is 7.90. The van der Waals surface area contributed by atoms with E-state index in [1.807, 2.05) is 0 Å². The van der Waals surface area contributed by atoms with Crippen LogP contribution in [0.1, 0.15) is 11.1 Å². The molecule has 2 aromatic rings. The van der Waals surface area contributed by atoms with Crippen LogP contribution in [-0.2, 0) is 6.61 Å². The van der Waals surface area contributed by atoms with Gasteiger partial charge in [0.2, 0.25) is 0 Å². The van der Waals surface area contributed by atoms with Crippen LogP contribution in [0.25, 0.3) is 0 Å². The predicted octanol–water partition coefficient (Wildman–Crippen LogP) is 3.99. The van der Waals surface area contributed by atoms with Crippen LogP contribution in [0.15, 0.2) is 36.4 Å². The van der Waals surface area contributed by atoms with E-state index in [0.717, 1.165) is 12.1 Å². The summed E-state index contributed by atoms with van der Waals surface area (Å²) in [7, 11) is 0. The highest BCUT2D eigenvalue weighted by molar-refractivity contribution is 5.30. The van der Waals surface area contributed by atoms with Crippen LogP contribution in [0.5, 0.6) is 5.75 Å². The highest BCUT2D eigenvalue weighted by atomic mass is 19.1. The number of hydrogen-bond donors (Lipinski definition) is 0. The van der Waals surface area contributed by atoms with Gasteiger partial charge >= 0.3 is 0 Å². The normalized spacial score (nSPS) is 10.4. The zero-order valence-electron chi connectivity index (χ0n) is 9.71. The molecule has 0 heterocycles. The van der Waals surface area contributed by atoms with E-state index in [9.17, 15) is 13.2 Å². The third kappa shape index (κ3) is 2.64. The molecule has 0 spiro atoms. The predicted molar refractivity (Wildman–Crippen MR) is 61.8 cm³/mol. The summed E-state index contributed by atoms with van der Waals surface area (Å²) in [5.41, 5.74) is 0.629. The topological polar surface area (TPSA) is 9.23 Å². The number of benzene rings is 2. The zero-order chi connectivity index (χ0) is 13.1. The second-order valence-electron chi connectivity index (χ2n) is 3.91. The van der Waals surface area contributed by atoms with Gasteiger partial charge in [0.15, 0.2) is 11.6 Å². The van der Waals surface area contributed by atoms with Crippen molar-refractivity contribution in [3.05, 3.63) is 65.0 Å². The average molecular weight is 252 g/mol. The van der Waals surface area contributed by atoms with Gasteiger partial charge in [-0.15, -0.1) is 0 Å². The van der Waals surface area contributed by atoms with Crippen molar-refractivity contribution in [3.8, 4) is 5.75 Å². The first-order chi connectivity index (χ1) is 8.58. The van der Waals surface area contributed by atoms with Gasteiger partial charge in [-0.2, -0.15) is 0 Å². The maximum atomic E-state index is 13.6. The van der Waals surface area contributed by atoms with Gasteiger partial charge in [0.05, 0.1) is 0 Å². The van der Waals surface area contributed by atoms with E-state index >= 15 is 0 Å². The molecule has 0 saturated carbocycles. The summed E-state index contributed by atoms with van der Waals surface area (Å²) in [6.07, 6.45) is 0. The maximum absolute atomic E-state index is 13.6. The second kappa shape index (κ2) is 5.12. The summed E-state index contributed by atoms with van der Waals surface area (Å²) >= 11 is 0. The Bertz CT molecular complexity index is 567. The Morgan fingerprint density at radius 2 is 1.83 bits per heavy atom. The van der Waals surface area contributed by atoms with Crippen molar-refractivity contribution in [2.45, 2.75) is 13.5 Å².